The van der Waals surface area contributed by atoms with Crippen LogP contribution in [0.4, 0.5) is 4.79 Å². The highest BCUT2D eigenvalue weighted by Gasteiger charge is 2.14. The maximum atomic E-state index is 11.6. The Balaban J connectivity index is 0.000000379. The lowest BCUT2D eigenvalue weighted by molar-refractivity contribution is -0.137. The summed E-state index contributed by atoms with van der Waals surface area (Å²) in [6.45, 7) is 7.62. The minimum Gasteiger partial charge on any atom is -0.506 e. The molecule has 192 valence electrons. The van der Waals surface area contributed by atoms with Crippen molar-refractivity contribution in [3.63, 3.8) is 0 Å². The normalized spacial score (nSPS) is 15.3. The first kappa shape index (κ1) is 30.3. The number of aliphatic imine (C=N–C) groups is 1. The number of phenols is 1. The van der Waals surface area contributed by atoms with Gasteiger partial charge >= 0.3 is 5.97 Å². The molecule has 35 heavy (non-hydrogen) atoms. The molecule has 1 atom stereocenters. The number of guanidine groups is 1. The maximum absolute atomic E-state index is 11.6. The number of ketones is 1. The van der Waals surface area contributed by atoms with Gasteiger partial charge in [0.15, 0.2) is 5.96 Å². The number of aliphatic hydroxyl groups is 1. The number of carbonyl (C=O) groups is 3. The van der Waals surface area contributed by atoms with Crippen LogP contribution < -0.4 is 16.0 Å². The molecular formula is C22H28Cl2N4O6S. The number of carboxylic acid groups (broad SMARTS) is 1. The van der Waals surface area contributed by atoms with Crippen molar-refractivity contribution in [3.8, 4) is 5.75 Å². The molecule has 2 rings (SSSR count). The van der Waals surface area contributed by atoms with Gasteiger partial charge in [-0.1, -0.05) is 29.8 Å². The van der Waals surface area contributed by atoms with Crippen molar-refractivity contribution in [2.45, 2.75) is 32.8 Å². The van der Waals surface area contributed by atoms with Gasteiger partial charge in [-0.25, -0.2) is 0 Å². The number of carbonyl (C=O) groups excluding carboxylic acids is 2. The van der Waals surface area contributed by atoms with Gasteiger partial charge < -0.3 is 31.3 Å². The molecule has 1 amide bonds. The average Bonchev–Trinajstić information content (AvgIpc) is 2.79. The predicted molar refractivity (Wildman–Crippen MR) is 138 cm³/mol. The molecule has 1 aliphatic heterocycles. The highest BCUT2D eigenvalue weighted by Crippen LogP contribution is 2.31. The van der Waals surface area contributed by atoms with E-state index in [1.54, 1.807) is 13.0 Å². The van der Waals surface area contributed by atoms with Crippen molar-refractivity contribution in [2.24, 2.45) is 4.99 Å². The number of hydrogen-bond donors (Lipinski definition) is 6. The fourth-order valence-corrected chi connectivity index (χ4v) is 3.71. The van der Waals surface area contributed by atoms with E-state index in [4.69, 9.17) is 28.3 Å². The second-order valence-corrected chi connectivity index (χ2v) is 9.29. The fraction of sp³-hybridized carbons (Fsp3) is 0.364. The number of nitrogens with one attached hydrogen (secondary N) is 3. The number of β-amino-alcohol motifs (C(OH)–C–C–N with tert-alkyl or cyclic N) is 1. The van der Waals surface area contributed by atoms with E-state index in [1.807, 2.05) is 0 Å². The van der Waals surface area contributed by atoms with Crippen LogP contribution in [0.5, 0.6) is 5.75 Å². The van der Waals surface area contributed by atoms with E-state index in [2.05, 4.69) is 27.5 Å². The quantitative estimate of drug-likeness (QED) is 0.269. The van der Waals surface area contributed by atoms with Crippen LogP contribution in [0.25, 0.3) is 0 Å². The zero-order valence-electron chi connectivity index (χ0n) is 19.2. The Morgan fingerprint density at radius 3 is 2.54 bits per heavy atom. The minimum absolute atomic E-state index is 0.0160. The number of benzene rings is 1. The van der Waals surface area contributed by atoms with E-state index in [1.165, 1.54) is 19.1 Å². The molecule has 6 N–H and O–H groups in total. The molecule has 10 nitrogen and oxygen atoms in total. The first-order chi connectivity index (χ1) is 16.4. The Morgan fingerprint density at radius 2 is 2.00 bits per heavy atom. The summed E-state index contributed by atoms with van der Waals surface area (Å²) in [6.07, 6.45) is 1.24. The Hall–Kier alpha value is -2.73. The monoisotopic (exact) mass is 546 g/mol. The zero-order valence-corrected chi connectivity index (χ0v) is 21.6. The number of nitrogens with zero attached hydrogens (tertiary/aromatic N) is 1. The Bertz CT molecular complexity index is 1020. The molecular weight excluding hydrogens is 519 g/mol. The van der Waals surface area contributed by atoms with Gasteiger partial charge in [0.25, 0.3) is 5.24 Å². The van der Waals surface area contributed by atoms with Crippen molar-refractivity contribution in [1.82, 2.24) is 16.0 Å². The molecule has 0 fully saturated rings. The highest BCUT2D eigenvalue weighted by molar-refractivity contribution is 8.16. The molecule has 1 aliphatic rings. The largest absolute Gasteiger partial charge is 0.506 e. The van der Waals surface area contributed by atoms with Crippen molar-refractivity contribution < 1.29 is 29.7 Å². The van der Waals surface area contributed by atoms with Gasteiger partial charge in [0.2, 0.25) is 0 Å². The molecule has 0 saturated carbocycles. The number of aromatic hydroxyl groups is 1. The lowest BCUT2D eigenvalue weighted by Gasteiger charge is -2.21. The number of amides is 1. The summed E-state index contributed by atoms with van der Waals surface area (Å²) >= 11 is 12.3. The van der Waals surface area contributed by atoms with Crippen LogP contribution in [0.3, 0.4) is 0 Å². The number of aliphatic hydroxyl groups excluding tert-OH is 1. The number of allylic oxidation sites excluding steroid dienone is 2. The molecule has 13 heteroatoms. The van der Waals surface area contributed by atoms with E-state index in [-0.39, 0.29) is 41.2 Å². The van der Waals surface area contributed by atoms with Gasteiger partial charge in [-0.15, -0.1) is 0 Å². The lowest BCUT2D eigenvalue weighted by Crippen LogP contribution is -2.45. The van der Waals surface area contributed by atoms with Crippen LogP contribution in [-0.2, 0) is 16.0 Å². The molecule has 0 spiro atoms. The van der Waals surface area contributed by atoms with Gasteiger partial charge in [-0.3, -0.25) is 19.4 Å². The van der Waals surface area contributed by atoms with Crippen LogP contribution in [0.15, 0.2) is 40.4 Å². The van der Waals surface area contributed by atoms with E-state index in [0.717, 1.165) is 11.8 Å². The average molecular weight is 547 g/mol. The summed E-state index contributed by atoms with van der Waals surface area (Å²) in [5.41, 5.74) is 1.09. The number of aryl methyl sites for hydroxylation is 1. The van der Waals surface area contributed by atoms with Crippen LogP contribution in [0.2, 0.25) is 10.0 Å². The number of Topliss-reactive ketones (excluding diaryl/α,β-unsaturated/α-hetero) is 1. The second-order valence-electron chi connectivity index (χ2n) is 7.26. The lowest BCUT2D eigenvalue weighted by atomic mass is 10.1. The Labute approximate surface area is 217 Å². The standard InChI is InChI=1S/C13H20N4O3S.C9H8Cl2O3/c1-4-11(17-12-14-6-10(19)7-15-12)9(3)21-13(20)16-5-8(2)18;10-6-3-5(1-2-8(12)13)9(14)7(11)4-6/h4,10,19H,1,5-7H2,2-3H3,(H,16,20)(H2,14,15,17);3-4,14H,1-2H2,(H,12,13)/b11-9+;. The maximum Gasteiger partial charge on any atom is 0.303 e. The van der Waals surface area contributed by atoms with E-state index in [9.17, 15) is 24.6 Å². The van der Waals surface area contributed by atoms with Gasteiger partial charge in [-0.05, 0) is 55.8 Å². The molecule has 1 unspecified atom stereocenters. The van der Waals surface area contributed by atoms with Crippen LogP contribution >= 0.6 is 35.0 Å². The number of thioether (sulfide) groups is 1. The number of phenolic OH excluding ortho intramolecular Hbond substituents is 1. The number of aliphatic carboxylic acids is 1. The van der Waals surface area contributed by atoms with Gasteiger partial charge in [-0.2, -0.15) is 0 Å². The van der Waals surface area contributed by atoms with Crippen LogP contribution in [-0.4, -0.2) is 64.0 Å². The third-order valence-electron chi connectivity index (χ3n) is 4.24. The summed E-state index contributed by atoms with van der Waals surface area (Å²) in [5.74, 6) is -0.607. The van der Waals surface area contributed by atoms with E-state index in [0.29, 0.717) is 40.2 Å². The van der Waals surface area contributed by atoms with Crippen molar-refractivity contribution in [2.75, 3.05) is 19.6 Å². The van der Waals surface area contributed by atoms with Crippen molar-refractivity contribution in [1.29, 1.82) is 0 Å². The molecule has 1 aromatic carbocycles. The highest BCUT2D eigenvalue weighted by atomic mass is 35.5. The Kier molecular flexibility index (Phi) is 13.2. The summed E-state index contributed by atoms with van der Waals surface area (Å²) in [4.78, 5) is 37.6. The summed E-state index contributed by atoms with van der Waals surface area (Å²) < 4.78 is 0. The number of halogens is 2. The molecule has 1 aromatic rings. The molecule has 0 radical (unpaired) electrons. The smallest absolute Gasteiger partial charge is 0.303 e. The molecule has 0 aromatic heterocycles. The van der Waals surface area contributed by atoms with Gasteiger partial charge in [0.1, 0.15) is 11.5 Å². The van der Waals surface area contributed by atoms with Gasteiger partial charge in [0, 0.05) is 22.9 Å². The third kappa shape index (κ3) is 12.0. The van der Waals surface area contributed by atoms with Crippen LogP contribution in [0.1, 0.15) is 25.8 Å². The van der Waals surface area contributed by atoms with Crippen molar-refractivity contribution >= 4 is 57.9 Å². The molecule has 1 heterocycles. The fourth-order valence-electron chi connectivity index (χ4n) is 2.50. The number of carboxylic acids is 1. The second kappa shape index (κ2) is 15.3. The Morgan fingerprint density at radius 1 is 1.31 bits per heavy atom. The molecule has 0 aliphatic carbocycles. The topological polar surface area (TPSA) is 160 Å². The summed E-state index contributed by atoms with van der Waals surface area (Å²) in [7, 11) is 0. The summed E-state index contributed by atoms with van der Waals surface area (Å²) in [5, 5.41) is 35.9. The zero-order chi connectivity index (χ0) is 26.5. The number of rotatable bonds is 8. The van der Waals surface area contributed by atoms with Crippen LogP contribution in [0, 0.1) is 0 Å². The van der Waals surface area contributed by atoms with E-state index >= 15 is 0 Å². The van der Waals surface area contributed by atoms with E-state index < -0.39 is 12.1 Å². The SMILES string of the molecule is C=C/C(NC1=NCC(O)CN1)=C(/C)SC(=O)NCC(C)=O.O=C(O)CCc1cc(Cl)cc(Cl)c1O. The van der Waals surface area contributed by atoms with Gasteiger partial charge in [0.05, 0.1) is 29.9 Å². The number of hydrogen-bond acceptors (Lipinski definition) is 9. The van der Waals surface area contributed by atoms with Crippen molar-refractivity contribution in [3.05, 3.63) is 51.0 Å². The first-order valence-corrected chi connectivity index (χ1v) is 11.9. The minimum atomic E-state index is -0.930. The first-order valence-electron chi connectivity index (χ1n) is 10.3. The molecule has 0 bridgehead atoms. The third-order valence-corrected chi connectivity index (χ3v) is 5.61. The summed E-state index contributed by atoms with van der Waals surface area (Å²) in [6, 6.07) is 2.91. The predicted octanol–water partition coefficient (Wildman–Crippen LogP) is 3.06. The molecule has 0 saturated heterocycles.